The molecule has 0 radical (unpaired) electrons. The van der Waals surface area contributed by atoms with Crippen LogP contribution >= 0.6 is 0 Å². The molecule has 0 bridgehead atoms. The van der Waals surface area contributed by atoms with Crippen LogP contribution in [-0.4, -0.2) is 54.5 Å². The Morgan fingerprint density at radius 2 is 1.88 bits per heavy atom. The normalized spacial score (nSPS) is 10.6. The molecule has 0 aliphatic rings. The van der Waals surface area contributed by atoms with Gasteiger partial charge in [-0.3, -0.25) is 4.79 Å². The highest BCUT2D eigenvalue weighted by molar-refractivity contribution is 5.91. The summed E-state index contributed by atoms with van der Waals surface area (Å²) in [5.74, 6) is 0.493. The van der Waals surface area contributed by atoms with Crippen LogP contribution in [0.15, 0.2) is 42.7 Å². The Kier molecular flexibility index (Phi) is 7.17. The van der Waals surface area contributed by atoms with Crippen LogP contribution in [0.25, 0.3) is 0 Å². The van der Waals surface area contributed by atoms with Gasteiger partial charge in [0.05, 0.1) is 12.4 Å². The van der Waals surface area contributed by atoms with E-state index < -0.39 is 0 Å². The monoisotopic (exact) mass is 327 g/mol. The first-order chi connectivity index (χ1) is 11.6. The fraction of sp³-hybridized carbons (Fsp3) is 0.389. The number of amides is 1. The molecule has 1 aromatic carbocycles. The molecule has 0 unspecified atom stereocenters. The maximum Gasteiger partial charge on any atom is 0.271 e. The Morgan fingerprint density at radius 3 is 2.54 bits per heavy atom. The third-order valence-corrected chi connectivity index (χ3v) is 3.51. The Morgan fingerprint density at radius 1 is 1.08 bits per heavy atom. The van der Waals surface area contributed by atoms with Gasteiger partial charge in [0.1, 0.15) is 11.5 Å². The van der Waals surface area contributed by atoms with E-state index in [-0.39, 0.29) is 5.91 Å². The summed E-state index contributed by atoms with van der Waals surface area (Å²) in [5.41, 5.74) is 1.61. The van der Waals surface area contributed by atoms with Gasteiger partial charge in [-0.2, -0.15) is 0 Å². The second-order valence-corrected chi connectivity index (χ2v) is 5.86. The van der Waals surface area contributed by atoms with Crippen molar-refractivity contribution >= 4 is 11.7 Å². The molecule has 0 spiro atoms. The lowest BCUT2D eigenvalue weighted by atomic mass is 10.1. The lowest BCUT2D eigenvalue weighted by molar-refractivity contribution is 0.0947. The van der Waals surface area contributed by atoms with E-state index in [0.717, 1.165) is 25.9 Å². The van der Waals surface area contributed by atoms with Crippen LogP contribution in [0.5, 0.6) is 0 Å². The molecule has 0 saturated carbocycles. The van der Waals surface area contributed by atoms with Crippen molar-refractivity contribution in [3.8, 4) is 0 Å². The Balaban J connectivity index is 1.72. The maximum absolute atomic E-state index is 12.0. The van der Waals surface area contributed by atoms with Gasteiger partial charge in [-0.15, -0.1) is 0 Å². The molecule has 2 N–H and O–H groups in total. The number of carbonyl (C=O) groups is 1. The van der Waals surface area contributed by atoms with Crippen molar-refractivity contribution in [1.29, 1.82) is 0 Å². The number of carbonyl (C=O) groups excluding carboxylic acids is 1. The highest BCUT2D eigenvalue weighted by Crippen LogP contribution is 2.03. The number of benzene rings is 1. The summed E-state index contributed by atoms with van der Waals surface area (Å²) in [6.07, 6.45) is 4.92. The second-order valence-electron chi connectivity index (χ2n) is 5.86. The minimum Gasteiger partial charge on any atom is -0.368 e. The smallest absolute Gasteiger partial charge is 0.271 e. The summed E-state index contributed by atoms with van der Waals surface area (Å²) in [6.45, 7) is 2.35. The summed E-state index contributed by atoms with van der Waals surface area (Å²) in [4.78, 5) is 22.5. The Labute approximate surface area is 143 Å². The molecule has 128 valence electrons. The van der Waals surface area contributed by atoms with Crippen LogP contribution in [0, 0.1) is 0 Å². The van der Waals surface area contributed by atoms with E-state index in [9.17, 15) is 4.79 Å². The molecule has 1 heterocycles. The lowest BCUT2D eigenvalue weighted by Crippen LogP contribution is -2.27. The van der Waals surface area contributed by atoms with Gasteiger partial charge in [0, 0.05) is 13.1 Å². The zero-order valence-corrected chi connectivity index (χ0v) is 14.3. The number of anilines is 1. The third kappa shape index (κ3) is 6.34. The lowest BCUT2D eigenvalue weighted by Gasteiger charge is -2.10. The first-order valence-corrected chi connectivity index (χ1v) is 8.18. The molecular weight excluding hydrogens is 302 g/mol. The van der Waals surface area contributed by atoms with Crippen molar-refractivity contribution in [2.24, 2.45) is 0 Å². The summed E-state index contributed by atoms with van der Waals surface area (Å²) < 4.78 is 0. The number of nitrogens with zero attached hydrogens (tertiary/aromatic N) is 3. The molecule has 0 fully saturated rings. The number of rotatable bonds is 9. The highest BCUT2D eigenvalue weighted by Gasteiger charge is 2.07. The zero-order chi connectivity index (χ0) is 17.2. The molecule has 1 amide bonds. The van der Waals surface area contributed by atoms with E-state index in [1.54, 1.807) is 6.20 Å². The number of nitrogens with one attached hydrogen (secondary N) is 2. The van der Waals surface area contributed by atoms with Crippen molar-refractivity contribution in [2.75, 3.05) is 39.0 Å². The standard InChI is InChI=1S/C18H25N5O/c1-23(2)12-6-10-20-18(24)16-13-22-17(14-21-16)19-11-9-15-7-4-3-5-8-15/h3-5,7-8,13-14H,6,9-12H2,1-2H3,(H,19,22)(H,20,24). The van der Waals surface area contributed by atoms with Gasteiger partial charge >= 0.3 is 0 Å². The van der Waals surface area contributed by atoms with E-state index in [0.29, 0.717) is 18.1 Å². The maximum atomic E-state index is 12.0. The van der Waals surface area contributed by atoms with Gasteiger partial charge in [-0.25, -0.2) is 9.97 Å². The van der Waals surface area contributed by atoms with Gasteiger partial charge in [0.15, 0.2) is 0 Å². The van der Waals surface area contributed by atoms with Gasteiger partial charge in [-0.1, -0.05) is 30.3 Å². The molecule has 1 aromatic heterocycles. The summed E-state index contributed by atoms with van der Waals surface area (Å²) in [5, 5.41) is 6.06. The van der Waals surface area contributed by atoms with E-state index in [2.05, 4.69) is 37.6 Å². The van der Waals surface area contributed by atoms with Gasteiger partial charge in [0.25, 0.3) is 5.91 Å². The molecule has 2 aromatic rings. The van der Waals surface area contributed by atoms with Gasteiger partial charge in [-0.05, 0) is 39.0 Å². The van der Waals surface area contributed by atoms with E-state index in [4.69, 9.17) is 0 Å². The third-order valence-electron chi connectivity index (χ3n) is 3.51. The first-order valence-electron chi connectivity index (χ1n) is 8.18. The molecule has 0 atom stereocenters. The van der Waals surface area contributed by atoms with E-state index in [1.165, 1.54) is 11.8 Å². The molecule has 6 nitrogen and oxygen atoms in total. The summed E-state index contributed by atoms with van der Waals surface area (Å²) in [7, 11) is 4.02. The van der Waals surface area contributed by atoms with Crippen LogP contribution < -0.4 is 10.6 Å². The van der Waals surface area contributed by atoms with Crippen LogP contribution in [0.2, 0.25) is 0 Å². The number of hydrogen-bond donors (Lipinski definition) is 2. The molecule has 6 heteroatoms. The van der Waals surface area contributed by atoms with Crippen molar-refractivity contribution in [2.45, 2.75) is 12.8 Å². The minimum atomic E-state index is -0.183. The largest absolute Gasteiger partial charge is 0.368 e. The van der Waals surface area contributed by atoms with Crippen molar-refractivity contribution in [3.05, 3.63) is 54.0 Å². The fourth-order valence-electron chi connectivity index (χ4n) is 2.20. The molecule has 0 aliphatic carbocycles. The van der Waals surface area contributed by atoms with Crippen molar-refractivity contribution in [1.82, 2.24) is 20.2 Å². The van der Waals surface area contributed by atoms with Gasteiger partial charge < -0.3 is 15.5 Å². The fourth-order valence-corrected chi connectivity index (χ4v) is 2.20. The average molecular weight is 327 g/mol. The minimum absolute atomic E-state index is 0.183. The SMILES string of the molecule is CN(C)CCCNC(=O)c1cnc(NCCc2ccccc2)cn1. The second kappa shape index (κ2) is 9.62. The Bertz CT molecular complexity index is 613. The van der Waals surface area contributed by atoms with Gasteiger partial charge in [0.2, 0.25) is 0 Å². The quantitative estimate of drug-likeness (QED) is 0.688. The molecule has 0 aliphatic heterocycles. The van der Waals surface area contributed by atoms with Crippen LogP contribution in [0.1, 0.15) is 22.5 Å². The summed E-state index contributed by atoms with van der Waals surface area (Å²) in [6, 6.07) is 10.3. The molecule has 2 rings (SSSR count). The Hall–Kier alpha value is -2.47. The average Bonchev–Trinajstić information content (AvgIpc) is 2.60. The zero-order valence-electron chi connectivity index (χ0n) is 14.3. The van der Waals surface area contributed by atoms with Crippen molar-refractivity contribution in [3.63, 3.8) is 0 Å². The molecular formula is C18H25N5O. The highest BCUT2D eigenvalue weighted by atomic mass is 16.1. The number of hydrogen-bond acceptors (Lipinski definition) is 5. The van der Waals surface area contributed by atoms with Crippen molar-refractivity contribution < 1.29 is 4.79 Å². The predicted octanol–water partition coefficient (Wildman–Crippen LogP) is 1.81. The predicted molar refractivity (Wildman–Crippen MR) is 96.2 cm³/mol. The number of aromatic nitrogens is 2. The first kappa shape index (κ1) is 17.9. The summed E-state index contributed by atoms with van der Waals surface area (Å²) >= 11 is 0. The topological polar surface area (TPSA) is 70.2 Å². The van der Waals surface area contributed by atoms with Crippen LogP contribution in [0.4, 0.5) is 5.82 Å². The van der Waals surface area contributed by atoms with Crippen LogP contribution in [0.3, 0.4) is 0 Å². The molecule has 0 saturated heterocycles. The van der Waals surface area contributed by atoms with E-state index >= 15 is 0 Å². The van der Waals surface area contributed by atoms with Crippen LogP contribution in [-0.2, 0) is 6.42 Å². The molecule has 24 heavy (non-hydrogen) atoms. The van der Waals surface area contributed by atoms with E-state index in [1.807, 2.05) is 32.3 Å².